The van der Waals surface area contributed by atoms with Crippen LogP contribution in [0.1, 0.15) is 5.69 Å². The zero-order valence-electron chi connectivity index (χ0n) is 17.1. The van der Waals surface area contributed by atoms with E-state index in [1.54, 1.807) is 0 Å². The minimum atomic E-state index is -0.151. The maximum atomic E-state index is 12.0. The summed E-state index contributed by atoms with van der Waals surface area (Å²) in [5.41, 5.74) is 5.22. The highest BCUT2D eigenvalue weighted by Gasteiger charge is 2.09. The quantitative estimate of drug-likeness (QED) is 0.341. The van der Waals surface area contributed by atoms with Gasteiger partial charge >= 0.3 is 0 Å². The summed E-state index contributed by atoms with van der Waals surface area (Å²) in [5, 5.41) is 1.76. The zero-order chi connectivity index (χ0) is 21.9. The maximum Gasteiger partial charge on any atom is 0.248 e. The minimum absolute atomic E-state index is 0.151. The smallest absolute Gasteiger partial charge is 0.248 e. The number of pyridine rings is 2. The summed E-state index contributed by atoms with van der Waals surface area (Å²) in [7, 11) is 0. The zero-order valence-corrected chi connectivity index (χ0v) is 17.8. The lowest BCUT2D eigenvalue weighted by Gasteiger charge is -2.11. The molecule has 2 heterocycles. The van der Waals surface area contributed by atoms with E-state index in [0.717, 1.165) is 44.7 Å². The molecule has 3 aromatic carbocycles. The largest absolute Gasteiger partial charge is 0.487 e. The van der Waals surface area contributed by atoms with Crippen LogP contribution in [0, 0.1) is 0 Å². The van der Waals surface area contributed by atoms with Crippen LogP contribution in [-0.4, -0.2) is 9.97 Å². The van der Waals surface area contributed by atoms with E-state index in [1.165, 1.54) is 6.07 Å². The molecule has 0 atom stereocenters. The normalized spacial score (nSPS) is 10.9. The lowest BCUT2D eigenvalue weighted by atomic mass is 9.99. The van der Waals surface area contributed by atoms with Crippen molar-refractivity contribution in [2.45, 2.75) is 6.61 Å². The number of nitrogens with one attached hydrogen (secondary N) is 1. The summed E-state index contributed by atoms with van der Waals surface area (Å²) in [4.78, 5) is 19.6. The average Bonchev–Trinajstić information content (AvgIpc) is 2.83. The highest BCUT2D eigenvalue weighted by atomic mass is 35.5. The molecule has 2 aromatic heterocycles. The Balaban J connectivity index is 1.37. The van der Waals surface area contributed by atoms with E-state index < -0.39 is 0 Å². The third-order valence-corrected chi connectivity index (χ3v) is 5.51. The van der Waals surface area contributed by atoms with Crippen molar-refractivity contribution in [1.29, 1.82) is 0 Å². The second kappa shape index (κ2) is 8.69. The summed E-state index contributed by atoms with van der Waals surface area (Å²) in [6.07, 6.45) is 0. The highest BCUT2D eigenvalue weighted by molar-refractivity contribution is 6.30. The number of benzene rings is 3. The Bertz CT molecular complexity index is 1440. The van der Waals surface area contributed by atoms with Crippen molar-refractivity contribution < 1.29 is 4.74 Å². The standard InChI is InChI=1S/C27H19ClN2O2/c28-21-10-5-20(6-11-21)27-24(15-16-26(31)30-27)18-8-13-23(14-9-18)32-17-22-12-7-19-3-1-2-4-25(19)29-22/h1-16H,17H2,(H,30,31). The van der Waals surface area contributed by atoms with Crippen LogP contribution in [-0.2, 0) is 6.61 Å². The molecule has 5 aromatic rings. The van der Waals surface area contributed by atoms with Gasteiger partial charge in [-0.1, -0.05) is 60.1 Å². The Morgan fingerprint density at radius 1 is 0.781 bits per heavy atom. The van der Waals surface area contributed by atoms with E-state index >= 15 is 0 Å². The van der Waals surface area contributed by atoms with Gasteiger partial charge in [0.25, 0.3) is 0 Å². The number of nitrogens with zero attached hydrogens (tertiary/aromatic N) is 1. The molecule has 1 N–H and O–H groups in total. The van der Waals surface area contributed by atoms with Crippen LogP contribution in [0.5, 0.6) is 5.75 Å². The molecule has 156 valence electrons. The molecule has 0 unspecified atom stereocenters. The van der Waals surface area contributed by atoms with Crippen LogP contribution in [0.15, 0.2) is 102 Å². The molecule has 4 nitrogen and oxygen atoms in total. The molecule has 0 aliphatic heterocycles. The SMILES string of the molecule is O=c1ccc(-c2ccc(OCc3ccc4ccccc4n3)cc2)c(-c2ccc(Cl)cc2)[nH]1. The lowest BCUT2D eigenvalue weighted by Crippen LogP contribution is -2.05. The first kappa shape index (κ1) is 20.0. The van der Waals surface area contributed by atoms with E-state index in [1.807, 2.05) is 84.9 Å². The fourth-order valence-electron chi connectivity index (χ4n) is 3.64. The number of ether oxygens (including phenoxy) is 1. The molecule has 5 heteroatoms. The number of H-pyrrole nitrogens is 1. The number of fused-ring (bicyclic) bond motifs is 1. The third kappa shape index (κ3) is 4.27. The Labute approximate surface area is 190 Å². The fraction of sp³-hybridized carbons (Fsp3) is 0.0370. The van der Waals surface area contributed by atoms with Crippen molar-refractivity contribution in [2.75, 3.05) is 0 Å². The molecular formula is C27H19ClN2O2. The first-order valence-electron chi connectivity index (χ1n) is 10.2. The third-order valence-electron chi connectivity index (χ3n) is 5.26. The number of aromatic amines is 1. The molecular weight excluding hydrogens is 420 g/mol. The number of hydrogen-bond acceptors (Lipinski definition) is 3. The maximum absolute atomic E-state index is 12.0. The van der Waals surface area contributed by atoms with Crippen LogP contribution < -0.4 is 10.3 Å². The van der Waals surface area contributed by atoms with Crippen LogP contribution in [0.4, 0.5) is 0 Å². The predicted molar refractivity (Wildman–Crippen MR) is 129 cm³/mol. The Kier molecular flexibility index (Phi) is 5.44. The van der Waals surface area contributed by atoms with E-state index in [-0.39, 0.29) is 5.56 Å². The molecule has 0 spiro atoms. The highest BCUT2D eigenvalue weighted by Crippen LogP contribution is 2.31. The van der Waals surface area contributed by atoms with Gasteiger partial charge in [-0.25, -0.2) is 4.98 Å². The second-order valence-electron chi connectivity index (χ2n) is 7.43. The van der Waals surface area contributed by atoms with Crippen molar-refractivity contribution in [3.05, 3.63) is 118 Å². The summed E-state index contributed by atoms with van der Waals surface area (Å²) >= 11 is 6.02. The molecule has 0 saturated heterocycles. The molecule has 0 radical (unpaired) electrons. The van der Waals surface area contributed by atoms with Gasteiger partial charge in [0.05, 0.1) is 16.9 Å². The lowest BCUT2D eigenvalue weighted by molar-refractivity contribution is 0.302. The van der Waals surface area contributed by atoms with E-state index in [9.17, 15) is 4.79 Å². The molecule has 0 aliphatic rings. The van der Waals surface area contributed by atoms with Gasteiger partial charge in [0.15, 0.2) is 0 Å². The predicted octanol–water partition coefficient (Wildman–Crippen LogP) is 6.49. The van der Waals surface area contributed by atoms with Crippen LogP contribution in [0.2, 0.25) is 5.02 Å². The molecule has 32 heavy (non-hydrogen) atoms. The molecule has 0 amide bonds. The van der Waals surface area contributed by atoms with Gasteiger partial charge in [-0.3, -0.25) is 4.79 Å². The average molecular weight is 439 g/mol. The minimum Gasteiger partial charge on any atom is -0.487 e. The topological polar surface area (TPSA) is 55.0 Å². The summed E-state index contributed by atoms with van der Waals surface area (Å²) in [6.45, 7) is 0.388. The van der Waals surface area contributed by atoms with Crippen LogP contribution in [0.3, 0.4) is 0 Å². The van der Waals surface area contributed by atoms with Gasteiger partial charge in [0.1, 0.15) is 12.4 Å². The number of para-hydroxylation sites is 1. The molecule has 0 aliphatic carbocycles. The van der Waals surface area contributed by atoms with Gasteiger partial charge in [-0.05, 0) is 53.6 Å². The summed E-state index contributed by atoms with van der Waals surface area (Å²) < 4.78 is 5.94. The fourth-order valence-corrected chi connectivity index (χ4v) is 3.76. The number of halogens is 1. The van der Waals surface area contributed by atoms with E-state index in [4.69, 9.17) is 16.3 Å². The Hall–Kier alpha value is -3.89. The van der Waals surface area contributed by atoms with Crippen LogP contribution in [0.25, 0.3) is 33.3 Å². The molecule has 0 bridgehead atoms. The van der Waals surface area contributed by atoms with Crippen molar-refractivity contribution in [3.63, 3.8) is 0 Å². The summed E-state index contributed by atoms with van der Waals surface area (Å²) in [6, 6.07) is 30.6. The van der Waals surface area contributed by atoms with Gasteiger partial charge in [-0.15, -0.1) is 0 Å². The van der Waals surface area contributed by atoms with Gasteiger partial charge < -0.3 is 9.72 Å². The van der Waals surface area contributed by atoms with Gasteiger partial charge in [-0.2, -0.15) is 0 Å². The Morgan fingerprint density at radius 3 is 2.34 bits per heavy atom. The van der Waals surface area contributed by atoms with Crippen LogP contribution >= 0.6 is 11.6 Å². The molecule has 5 rings (SSSR count). The Morgan fingerprint density at radius 2 is 1.53 bits per heavy atom. The van der Waals surface area contributed by atoms with Gasteiger partial charge in [0, 0.05) is 22.0 Å². The van der Waals surface area contributed by atoms with E-state index in [2.05, 4.69) is 16.0 Å². The number of rotatable bonds is 5. The van der Waals surface area contributed by atoms with E-state index in [0.29, 0.717) is 11.6 Å². The molecule has 0 saturated carbocycles. The van der Waals surface area contributed by atoms with Crippen molar-refractivity contribution in [1.82, 2.24) is 9.97 Å². The first-order valence-corrected chi connectivity index (χ1v) is 10.6. The number of aromatic nitrogens is 2. The molecule has 0 fully saturated rings. The van der Waals surface area contributed by atoms with Gasteiger partial charge in [0.2, 0.25) is 5.56 Å². The van der Waals surface area contributed by atoms with Crippen molar-refractivity contribution >= 4 is 22.5 Å². The second-order valence-corrected chi connectivity index (χ2v) is 7.86. The summed E-state index contributed by atoms with van der Waals surface area (Å²) in [5.74, 6) is 0.751. The monoisotopic (exact) mass is 438 g/mol. The van der Waals surface area contributed by atoms with Crippen molar-refractivity contribution in [3.8, 4) is 28.1 Å². The first-order chi connectivity index (χ1) is 15.7. The number of hydrogen-bond donors (Lipinski definition) is 1. The van der Waals surface area contributed by atoms with Crippen molar-refractivity contribution in [2.24, 2.45) is 0 Å².